The molecule has 0 aliphatic heterocycles. The summed E-state index contributed by atoms with van der Waals surface area (Å²) < 4.78 is 127. The maximum Gasteiger partial charge on any atom is 0.300 e. The van der Waals surface area contributed by atoms with Crippen LogP contribution >= 0.6 is 68.0 Å². The van der Waals surface area contributed by atoms with Crippen LogP contribution in [0, 0.1) is 41.5 Å². The van der Waals surface area contributed by atoms with E-state index in [9.17, 15) is 0 Å². The third kappa shape index (κ3) is 6.47. The predicted molar refractivity (Wildman–Crippen MR) is 284 cm³/mol. The van der Waals surface area contributed by atoms with Gasteiger partial charge in [-0.1, -0.05) is 59.7 Å². The van der Waals surface area contributed by atoms with Crippen molar-refractivity contribution < 1.29 is 35.1 Å². The van der Waals surface area contributed by atoms with E-state index in [-0.39, 0.29) is 66.8 Å². The second-order valence-electron chi connectivity index (χ2n) is 19.0. The zero-order valence-electron chi connectivity index (χ0n) is 38.9. The number of hydrogen-bond acceptors (Lipinski definition) is 6. The fourth-order valence-electron chi connectivity index (χ4n) is 10.8. The molecule has 0 bridgehead atoms. The maximum atomic E-state index is 16.0. The highest BCUT2D eigenvalue weighted by molar-refractivity contribution is 7.25. The van der Waals surface area contributed by atoms with Crippen LogP contribution in [0.5, 0.6) is 0 Å². The molecule has 0 unspecified atom stereocenters. The van der Waals surface area contributed by atoms with Gasteiger partial charge < -0.3 is 0 Å². The van der Waals surface area contributed by atoms with Crippen LogP contribution in [0.1, 0.15) is 76.5 Å². The normalized spacial score (nSPS) is 16.1. The third-order valence-electron chi connectivity index (χ3n) is 14.3. The molecule has 0 nitrogen and oxygen atoms in total. The van der Waals surface area contributed by atoms with Gasteiger partial charge >= 0.3 is 23.7 Å². The molecule has 0 saturated carbocycles. The molecule has 0 N–H and O–H groups in total. The molecule has 0 amide bonds. The van der Waals surface area contributed by atoms with Crippen LogP contribution in [-0.4, -0.2) is 0 Å². The molecule has 14 rings (SSSR count). The van der Waals surface area contributed by atoms with Crippen molar-refractivity contribution in [2.45, 2.75) is 65.2 Å². The minimum absolute atomic E-state index is 0.0668. The summed E-state index contributed by atoms with van der Waals surface area (Å²) in [5.41, 5.74) is 4.45. The summed E-state index contributed by atoms with van der Waals surface area (Å²) in [7, 11) is 0. The Morgan fingerprint density at radius 1 is 0.306 bits per heavy atom. The second-order valence-corrected chi connectivity index (χ2v) is 25.7. The highest BCUT2D eigenvalue weighted by Gasteiger charge is 2.56. The van der Waals surface area contributed by atoms with Crippen molar-refractivity contribution in [2.75, 3.05) is 0 Å². The molecule has 4 aliphatic carbocycles. The van der Waals surface area contributed by atoms with E-state index in [4.69, 9.17) is 0 Å². The first-order chi connectivity index (χ1) is 34.1. The molecule has 72 heavy (non-hydrogen) atoms. The highest BCUT2D eigenvalue weighted by Crippen LogP contribution is 2.66. The lowest BCUT2D eigenvalue weighted by Crippen LogP contribution is -2.16. The Hall–Kier alpha value is -5.48. The summed E-state index contributed by atoms with van der Waals surface area (Å²) in [4.78, 5) is 8.54. The van der Waals surface area contributed by atoms with E-state index in [1.165, 1.54) is 69.6 Å². The van der Waals surface area contributed by atoms with Gasteiger partial charge in [0, 0.05) is 125 Å². The van der Waals surface area contributed by atoms with Gasteiger partial charge in [0.25, 0.3) is 0 Å². The number of hydrogen-bond donors (Lipinski definition) is 0. The first-order valence-corrected chi connectivity index (χ1v) is 27.8. The van der Waals surface area contributed by atoms with Crippen molar-refractivity contribution in [3.05, 3.63) is 186 Å². The van der Waals surface area contributed by atoms with Gasteiger partial charge in [0.15, 0.2) is 0 Å². The van der Waals surface area contributed by atoms with Crippen molar-refractivity contribution in [1.82, 2.24) is 0 Å². The molecule has 4 aliphatic rings. The smallest absolute Gasteiger partial charge is 0.196 e. The highest BCUT2D eigenvalue weighted by atomic mass is 32.1. The van der Waals surface area contributed by atoms with Gasteiger partial charge in [-0.2, -0.15) is 35.1 Å². The minimum atomic E-state index is -3.24. The van der Waals surface area contributed by atoms with Crippen LogP contribution in [0.3, 0.4) is 0 Å². The van der Waals surface area contributed by atoms with Gasteiger partial charge in [-0.3, -0.25) is 0 Å². The molecular formula is C58H36F8S6. The Labute approximate surface area is 433 Å². The molecule has 0 radical (unpaired) electrons. The van der Waals surface area contributed by atoms with Gasteiger partial charge in [0.2, 0.25) is 0 Å². The van der Waals surface area contributed by atoms with Crippen molar-refractivity contribution in [3.8, 4) is 82.2 Å². The Morgan fingerprint density at radius 2 is 0.639 bits per heavy atom. The lowest BCUT2D eigenvalue weighted by Gasteiger charge is -2.22. The van der Waals surface area contributed by atoms with E-state index in [1.54, 1.807) is 48.7 Å². The Balaban J connectivity index is 0.000000140. The van der Waals surface area contributed by atoms with Crippen LogP contribution < -0.4 is 0 Å². The van der Waals surface area contributed by atoms with Crippen molar-refractivity contribution in [3.63, 3.8) is 0 Å². The van der Waals surface area contributed by atoms with Crippen LogP contribution in [0.2, 0.25) is 0 Å². The van der Waals surface area contributed by atoms with E-state index < -0.39 is 23.7 Å². The van der Waals surface area contributed by atoms with Crippen LogP contribution in [0.25, 0.3) is 82.2 Å². The van der Waals surface area contributed by atoms with Gasteiger partial charge in [0.05, 0.1) is 0 Å². The fraction of sp³-hybridized carbons (Fsp3) is 0.172. The second kappa shape index (κ2) is 15.5. The molecule has 360 valence electrons. The van der Waals surface area contributed by atoms with E-state index in [1.807, 2.05) is 100 Å². The predicted octanol–water partition coefficient (Wildman–Crippen LogP) is 20.7. The maximum absolute atomic E-state index is 16.0. The van der Waals surface area contributed by atoms with Crippen LogP contribution in [0.15, 0.2) is 109 Å². The number of alkyl halides is 8. The van der Waals surface area contributed by atoms with Crippen molar-refractivity contribution >= 4 is 68.0 Å². The minimum Gasteiger partial charge on any atom is -0.196 e. The van der Waals surface area contributed by atoms with E-state index >= 15 is 35.1 Å². The van der Waals surface area contributed by atoms with Crippen LogP contribution in [0.4, 0.5) is 35.1 Å². The largest absolute Gasteiger partial charge is 0.300 e. The fourth-order valence-corrected chi connectivity index (χ4v) is 17.7. The lowest BCUT2D eigenvalue weighted by atomic mass is 9.88. The quantitative estimate of drug-likeness (QED) is 0.154. The third-order valence-corrected chi connectivity index (χ3v) is 21.5. The van der Waals surface area contributed by atoms with Crippen LogP contribution in [-0.2, 0) is 23.7 Å². The zero-order valence-corrected chi connectivity index (χ0v) is 43.8. The van der Waals surface area contributed by atoms with Gasteiger partial charge in [-0.05, 0) is 124 Å². The van der Waals surface area contributed by atoms with Crippen molar-refractivity contribution in [2.24, 2.45) is 0 Å². The topological polar surface area (TPSA) is 0 Å². The average molecular weight is 1080 g/mol. The number of aryl methyl sites for hydroxylation is 4. The average Bonchev–Trinajstić information content (AvgIpc) is 4.20. The Kier molecular flexibility index (Phi) is 9.99. The summed E-state index contributed by atoms with van der Waals surface area (Å²) >= 11 is 8.13. The zero-order chi connectivity index (χ0) is 50.3. The number of thiophene rings is 6. The van der Waals surface area contributed by atoms with E-state index in [0.29, 0.717) is 40.4 Å². The Morgan fingerprint density at radius 3 is 0.986 bits per heavy atom. The van der Waals surface area contributed by atoms with E-state index in [0.717, 1.165) is 51.5 Å². The molecule has 0 spiro atoms. The monoisotopic (exact) mass is 1080 g/mol. The molecule has 6 heterocycles. The molecule has 0 saturated heterocycles. The molecule has 6 aromatic heterocycles. The number of fused-ring (bicyclic) bond motifs is 12. The van der Waals surface area contributed by atoms with Crippen molar-refractivity contribution in [1.29, 1.82) is 0 Å². The molecular weight excluding hydrogens is 1040 g/mol. The van der Waals surface area contributed by atoms with E-state index in [2.05, 4.69) is 0 Å². The molecule has 0 atom stereocenters. The van der Waals surface area contributed by atoms with Gasteiger partial charge in [0.1, 0.15) is 0 Å². The first-order valence-electron chi connectivity index (χ1n) is 22.9. The molecule has 0 fully saturated rings. The standard InChI is InChI=1S/C30H18F4S2.C28H18F4S4/c1-15-3-7-17(8-4-15)25-13-23-27(35-25)19-11-22-20(12-21(19)29(23,31)32)28-24(30(22,33)34)14-26(36-28)18-9-5-16(2)6-10-18;1-11-5-7-17(33-11)19-9-15-25(35-19)21-13(3)24-22(14(4)23(21)27(15,29)30)26-16(28(24,31)32)10-20(36-26)18-8-6-12(2)34-18/h3-14H,1-2H3;5-10H,1-4H3. The number of benzene rings is 4. The Bertz CT molecular complexity index is 3680. The summed E-state index contributed by atoms with van der Waals surface area (Å²) in [6.07, 6.45) is 0. The number of rotatable bonds is 4. The summed E-state index contributed by atoms with van der Waals surface area (Å²) in [5.74, 6) is -13.0. The molecule has 4 aromatic carbocycles. The molecule has 10 aromatic rings. The first kappa shape index (κ1) is 46.3. The number of halogens is 8. The summed E-state index contributed by atoms with van der Waals surface area (Å²) in [5, 5.41) is 0. The summed E-state index contributed by atoms with van der Waals surface area (Å²) in [6.45, 7) is 11.1. The molecule has 14 heteroatoms. The van der Waals surface area contributed by atoms with Gasteiger partial charge in [-0.25, -0.2) is 0 Å². The van der Waals surface area contributed by atoms with Gasteiger partial charge in [-0.15, -0.1) is 68.0 Å². The summed E-state index contributed by atoms with van der Waals surface area (Å²) in [6, 6.07) is 31.9. The lowest BCUT2D eigenvalue weighted by molar-refractivity contribution is 0.0444. The SMILES string of the molecule is Cc1ccc(-c2cc3c(s2)-c2c(C)c4c(c(C)c2C3(F)F)-c2sc(-c3ccc(C)s3)cc2C4(F)F)s1.Cc1ccc(-c2cc3c(s2)-c2cc4c(cc2C3(F)F)-c2sc(-c3ccc(C)cc3)cc2C4(F)F)cc1.